The van der Waals surface area contributed by atoms with Crippen molar-refractivity contribution in [3.63, 3.8) is 0 Å². The van der Waals surface area contributed by atoms with Gasteiger partial charge in [0.2, 0.25) is 0 Å². The lowest BCUT2D eigenvalue weighted by Gasteiger charge is -2.13. The van der Waals surface area contributed by atoms with Crippen LogP contribution in [0.15, 0.2) is 36.4 Å². The van der Waals surface area contributed by atoms with Gasteiger partial charge in [0.15, 0.2) is 0 Å². The molecule has 0 aliphatic carbocycles. The van der Waals surface area contributed by atoms with Gasteiger partial charge in [-0.1, -0.05) is 41.5 Å². The van der Waals surface area contributed by atoms with Crippen molar-refractivity contribution in [2.75, 3.05) is 5.32 Å². The summed E-state index contributed by atoms with van der Waals surface area (Å²) in [5.74, 6) is 0. The topological polar surface area (TPSA) is 38.0 Å². The number of anilines is 2. The highest BCUT2D eigenvalue weighted by Crippen LogP contribution is 2.31. The van der Waals surface area contributed by atoms with E-state index in [1.807, 2.05) is 30.3 Å². The van der Waals surface area contributed by atoms with Crippen LogP contribution in [0.2, 0.25) is 10.0 Å². The fraction of sp³-hybridized carbons (Fsp3) is 0. The largest absolute Gasteiger partial charge is 0.389 e. The molecule has 0 aliphatic heterocycles. The molecule has 0 saturated carbocycles. The summed E-state index contributed by atoms with van der Waals surface area (Å²) >= 11 is 19.5. The maximum absolute atomic E-state index is 6.19. The first-order valence-electron chi connectivity index (χ1n) is 5.29. The minimum absolute atomic E-state index is 0.245. The molecule has 2 aromatic carbocycles. The molecule has 0 radical (unpaired) electrons. The molecule has 0 unspecified atom stereocenters. The molecule has 0 saturated heterocycles. The second-order valence-electron chi connectivity index (χ2n) is 3.78. The van der Waals surface area contributed by atoms with E-state index in [4.69, 9.17) is 41.2 Å². The fourth-order valence-electron chi connectivity index (χ4n) is 1.61. The van der Waals surface area contributed by atoms with Crippen molar-refractivity contribution in [1.82, 2.24) is 0 Å². The Labute approximate surface area is 140 Å². The molecular weight excluding hydrogens is 414 g/mol. The van der Waals surface area contributed by atoms with Crippen LogP contribution in [0.4, 0.5) is 11.4 Å². The number of nitrogens with two attached hydrogens (primary N) is 1. The average Bonchev–Trinajstić information content (AvgIpc) is 2.32. The molecule has 98 valence electrons. The van der Waals surface area contributed by atoms with Crippen LogP contribution in [0, 0.1) is 3.57 Å². The summed E-state index contributed by atoms with van der Waals surface area (Å²) in [4.78, 5) is 0.245. The molecule has 0 bridgehead atoms. The SMILES string of the molecule is NC(=S)c1c(Cl)cccc1Nc1ccc(I)cc1Cl. The van der Waals surface area contributed by atoms with E-state index >= 15 is 0 Å². The summed E-state index contributed by atoms with van der Waals surface area (Å²) in [7, 11) is 0. The Morgan fingerprint density at radius 2 is 1.84 bits per heavy atom. The number of nitrogens with one attached hydrogen (secondary N) is 1. The van der Waals surface area contributed by atoms with E-state index in [-0.39, 0.29) is 4.99 Å². The van der Waals surface area contributed by atoms with Crippen molar-refractivity contribution in [3.8, 4) is 0 Å². The number of hydrogen-bond acceptors (Lipinski definition) is 2. The maximum atomic E-state index is 6.19. The maximum Gasteiger partial charge on any atom is 0.107 e. The highest BCUT2D eigenvalue weighted by molar-refractivity contribution is 14.1. The van der Waals surface area contributed by atoms with Gasteiger partial charge in [-0.05, 0) is 52.9 Å². The third kappa shape index (κ3) is 3.51. The van der Waals surface area contributed by atoms with E-state index in [0.29, 0.717) is 15.6 Å². The summed E-state index contributed by atoms with van der Waals surface area (Å²) in [6.07, 6.45) is 0. The van der Waals surface area contributed by atoms with E-state index in [1.54, 1.807) is 6.07 Å². The van der Waals surface area contributed by atoms with Crippen LogP contribution in [0.3, 0.4) is 0 Å². The van der Waals surface area contributed by atoms with Gasteiger partial charge in [0, 0.05) is 3.57 Å². The number of thiocarbonyl (C=S) groups is 1. The Kier molecular flexibility index (Phi) is 4.89. The van der Waals surface area contributed by atoms with Gasteiger partial charge in [0.05, 0.1) is 27.0 Å². The molecule has 0 amide bonds. The van der Waals surface area contributed by atoms with Crippen LogP contribution in [-0.4, -0.2) is 4.99 Å². The van der Waals surface area contributed by atoms with Crippen molar-refractivity contribution in [2.45, 2.75) is 0 Å². The Hall–Kier alpha value is -0.560. The van der Waals surface area contributed by atoms with Crippen molar-refractivity contribution in [1.29, 1.82) is 0 Å². The summed E-state index contributed by atoms with van der Waals surface area (Å²) in [5, 5.41) is 4.34. The Balaban J connectivity index is 2.44. The summed E-state index contributed by atoms with van der Waals surface area (Å²) in [5.41, 5.74) is 7.84. The van der Waals surface area contributed by atoms with Crippen molar-refractivity contribution >= 4 is 74.4 Å². The van der Waals surface area contributed by atoms with Crippen LogP contribution in [0.5, 0.6) is 0 Å². The van der Waals surface area contributed by atoms with Crippen molar-refractivity contribution in [2.24, 2.45) is 5.73 Å². The number of hydrogen-bond donors (Lipinski definition) is 2. The molecular formula is C13H9Cl2IN2S. The molecule has 0 fully saturated rings. The van der Waals surface area contributed by atoms with Gasteiger partial charge >= 0.3 is 0 Å². The standard InChI is InChI=1S/C13H9Cl2IN2S/c14-8-2-1-3-11(12(8)13(17)19)18-10-5-4-7(16)6-9(10)15/h1-6,18H,(H2,17,19). The van der Waals surface area contributed by atoms with Gasteiger partial charge in [-0.25, -0.2) is 0 Å². The monoisotopic (exact) mass is 422 g/mol. The summed E-state index contributed by atoms with van der Waals surface area (Å²) in [6, 6.07) is 11.2. The summed E-state index contributed by atoms with van der Waals surface area (Å²) in [6.45, 7) is 0. The van der Waals surface area contributed by atoms with E-state index in [2.05, 4.69) is 27.9 Å². The van der Waals surface area contributed by atoms with Crippen LogP contribution in [0.25, 0.3) is 0 Å². The highest BCUT2D eigenvalue weighted by Gasteiger charge is 2.11. The van der Waals surface area contributed by atoms with E-state index in [1.165, 1.54) is 0 Å². The molecule has 3 N–H and O–H groups in total. The van der Waals surface area contributed by atoms with Crippen LogP contribution in [-0.2, 0) is 0 Å². The lowest BCUT2D eigenvalue weighted by molar-refractivity contribution is 1.51. The number of halogens is 3. The minimum Gasteiger partial charge on any atom is -0.389 e. The quantitative estimate of drug-likeness (QED) is 0.541. The lowest BCUT2D eigenvalue weighted by Crippen LogP contribution is -2.12. The Morgan fingerprint density at radius 3 is 2.47 bits per heavy atom. The molecule has 6 heteroatoms. The molecule has 0 atom stereocenters. The third-order valence-electron chi connectivity index (χ3n) is 2.46. The second kappa shape index (κ2) is 6.26. The Bertz CT molecular complexity index is 647. The number of rotatable bonds is 3. The summed E-state index contributed by atoms with van der Waals surface area (Å²) < 4.78 is 1.06. The number of benzene rings is 2. The van der Waals surface area contributed by atoms with Gasteiger partial charge in [-0.2, -0.15) is 0 Å². The molecule has 0 aliphatic rings. The minimum atomic E-state index is 0.245. The highest BCUT2D eigenvalue weighted by atomic mass is 127. The van der Waals surface area contributed by atoms with Gasteiger partial charge in [-0.15, -0.1) is 0 Å². The Morgan fingerprint density at radius 1 is 1.11 bits per heavy atom. The van der Waals surface area contributed by atoms with Crippen LogP contribution >= 0.6 is 58.0 Å². The average molecular weight is 423 g/mol. The van der Waals surface area contributed by atoms with Crippen LogP contribution in [0.1, 0.15) is 5.56 Å². The van der Waals surface area contributed by atoms with E-state index in [0.717, 1.165) is 14.9 Å². The van der Waals surface area contributed by atoms with Crippen molar-refractivity contribution in [3.05, 3.63) is 55.6 Å². The zero-order valence-electron chi connectivity index (χ0n) is 9.58. The van der Waals surface area contributed by atoms with Gasteiger partial charge in [-0.3, -0.25) is 0 Å². The molecule has 0 spiro atoms. The van der Waals surface area contributed by atoms with Gasteiger partial charge in [0.25, 0.3) is 0 Å². The first-order valence-corrected chi connectivity index (χ1v) is 7.53. The molecule has 0 heterocycles. The predicted octanol–water partition coefficient (Wildman–Crippen LogP) is 4.98. The molecule has 19 heavy (non-hydrogen) atoms. The zero-order valence-corrected chi connectivity index (χ0v) is 14.1. The predicted molar refractivity (Wildman–Crippen MR) is 94.8 cm³/mol. The molecule has 2 nitrogen and oxygen atoms in total. The first kappa shape index (κ1) is 14.8. The molecule has 2 rings (SSSR count). The van der Waals surface area contributed by atoms with E-state index in [9.17, 15) is 0 Å². The van der Waals surface area contributed by atoms with Gasteiger partial charge in [0.1, 0.15) is 4.99 Å². The normalized spacial score (nSPS) is 10.3. The van der Waals surface area contributed by atoms with Crippen LogP contribution < -0.4 is 11.1 Å². The third-order valence-corrected chi connectivity index (χ3v) is 3.96. The second-order valence-corrected chi connectivity index (χ2v) is 6.28. The molecule has 0 aromatic heterocycles. The molecule has 2 aromatic rings. The zero-order chi connectivity index (χ0) is 14.0. The first-order chi connectivity index (χ1) is 8.99. The fourth-order valence-corrected chi connectivity index (χ4v) is 3.07. The smallest absolute Gasteiger partial charge is 0.107 e. The lowest BCUT2D eigenvalue weighted by atomic mass is 10.1. The van der Waals surface area contributed by atoms with Crippen molar-refractivity contribution < 1.29 is 0 Å². The van der Waals surface area contributed by atoms with E-state index < -0.39 is 0 Å². The van der Waals surface area contributed by atoms with Gasteiger partial charge < -0.3 is 11.1 Å².